The number of aliphatic hydroxyl groups excluding tert-OH is 1. The zero-order valence-corrected chi connectivity index (χ0v) is 59.5. The highest BCUT2D eigenvalue weighted by molar-refractivity contribution is 7.47. The summed E-state index contributed by atoms with van der Waals surface area (Å²) in [6.45, 7) is 9.44. The Bertz CT molecular complexity index is 1740. The van der Waals surface area contributed by atoms with E-state index >= 15 is 0 Å². The summed E-state index contributed by atoms with van der Waals surface area (Å²) in [6, 6.07) is 0. The van der Waals surface area contributed by atoms with Crippen LogP contribution in [0.15, 0.2) is 0 Å². The van der Waals surface area contributed by atoms with Gasteiger partial charge in [0.1, 0.15) is 19.3 Å². The van der Waals surface area contributed by atoms with E-state index in [2.05, 4.69) is 41.5 Å². The summed E-state index contributed by atoms with van der Waals surface area (Å²) in [5.74, 6) is -0.654. The molecule has 6 atom stereocenters. The number of phosphoric acid groups is 2. The molecule has 0 saturated carbocycles. The molecular weight excluding hydrogens is 1170 g/mol. The highest BCUT2D eigenvalue weighted by Crippen LogP contribution is 2.45. The molecule has 528 valence electrons. The van der Waals surface area contributed by atoms with Gasteiger partial charge in [-0.2, -0.15) is 0 Å². The topological polar surface area (TPSA) is 237 Å². The first kappa shape index (κ1) is 87.1. The van der Waals surface area contributed by atoms with Gasteiger partial charge in [0, 0.05) is 25.7 Å². The van der Waals surface area contributed by atoms with Gasteiger partial charge in [-0.05, 0) is 37.5 Å². The van der Waals surface area contributed by atoms with Crippen LogP contribution in [0.5, 0.6) is 0 Å². The van der Waals surface area contributed by atoms with Crippen molar-refractivity contribution in [2.75, 3.05) is 39.6 Å². The highest BCUT2D eigenvalue weighted by atomic mass is 31.2. The fourth-order valence-corrected chi connectivity index (χ4v) is 12.1. The predicted octanol–water partition coefficient (Wildman–Crippen LogP) is 20.0. The molecule has 89 heavy (non-hydrogen) atoms. The second-order valence-corrected chi connectivity index (χ2v) is 28.9. The SMILES string of the molecule is CCCCCCCCCCCCCCCCCCCCCC(=O)O[C@H](COC(=O)CCCCCCCCCCCCC(C)CC)COP(=O)(O)OC[C@@H](O)COP(=O)(O)OC[C@@H](COC(=O)CCCCCCCCC)OC(=O)CCCCCCCCC(C)C. The Morgan fingerprint density at radius 3 is 0.854 bits per heavy atom. The van der Waals surface area contributed by atoms with Crippen LogP contribution in [-0.2, 0) is 65.4 Å². The molecule has 0 rings (SSSR count). The van der Waals surface area contributed by atoms with Crippen LogP contribution in [0.4, 0.5) is 0 Å². The minimum atomic E-state index is -4.95. The van der Waals surface area contributed by atoms with Gasteiger partial charge in [-0.15, -0.1) is 0 Å². The van der Waals surface area contributed by atoms with E-state index in [-0.39, 0.29) is 25.7 Å². The Labute approximate surface area is 543 Å². The number of esters is 4. The van der Waals surface area contributed by atoms with E-state index < -0.39 is 97.5 Å². The molecule has 0 aliphatic carbocycles. The molecule has 0 aromatic rings. The summed E-state index contributed by atoms with van der Waals surface area (Å²) in [7, 11) is -9.89. The first-order valence-corrected chi connectivity index (χ1v) is 39.5. The van der Waals surface area contributed by atoms with Crippen molar-refractivity contribution in [1.29, 1.82) is 0 Å². The number of ether oxygens (including phenoxy) is 4. The van der Waals surface area contributed by atoms with Gasteiger partial charge < -0.3 is 33.8 Å². The fraction of sp³-hybridized carbons (Fsp3) is 0.943. The Kier molecular flexibility index (Phi) is 60.8. The van der Waals surface area contributed by atoms with E-state index in [9.17, 15) is 43.2 Å². The van der Waals surface area contributed by atoms with Gasteiger partial charge in [0.2, 0.25) is 0 Å². The van der Waals surface area contributed by atoms with Gasteiger partial charge in [0.05, 0.1) is 26.4 Å². The molecule has 0 aliphatic heterocycles. The quantitative estimate of drug-likeness (QED) is 0.0222. The van der Waals surface area contributed by atoms with Crippen LogP contribution >= 0.6 is 15.6 Å². The maximum absolute atomic E-state index is 13.0. The average molecular weight is 1310 g/mol. The first-order chi connectivity index (χ1) is 42.9. The van der Waals surface area contributed by atoms with Crippen LogP contribution in [-0.4, -0.2) is 96.7 Å². The van der Waals surface area contributed by atoms with Crippen LogP contribution in [0.3, 0.4) is 0 Å². The molecule has 0 aromatic heterocycles. The normalized spacial score (nSPS) is 14.4. The van der Waals surface area contributed by atoms with E-state index in [1.54, 1.807) is 0 Å². The Morgan fingerprint density at radius 1 is 0.326 bits per heavy atom. The summed E-state index contributed by atoms with van der Waals surface area (Å²) in [5.41, 5.74) is 0. The molecule has 3 unspecified atom stereocenters. The summed E-state index contributed by atoms with van der Waals surface area (Å²) in [4.78, 5) is 72.3. The first-order valence-electron chi connectivity index (χ1n) is 36.5. The van der Waals surface area contributed by atoms with Crippen LogP contribution < -0.4 is 0 Å². The largest absolute Gasteiger partial charge is 0.472 e. The number of carbonyl (C=O) groups excluding carboxylic acids is 4. The van der Waals surface area contributed by atoms with Gasteiger partial charge in [0.15, 0.2) is 12.2 Å². The zero-order chi connectivity index (χ0) is 65.7. The molecule has 0 aromatic carbocycles. The predicted molar refractivity (Wildman–Crippen MR) is 358 cm³/mol. The lowest BCUT2D eigenvalue weighted by molar-refractivity contribution is -0.161. The van der Waals surface area contributed by atoms with Crippen molar-refractivity contribution in [2.45, 2.75) is 374 Å². The number of hydrogen-bond acceptors (Lipinski definition) is 15. The number of rotatable bonds is 69. The molecule has 0 heterocycles. The summed E-state index contributed by atoms with van der Waals surface area (Å²) >= 11 is 0. The maximum Gasteiger partial charge on any atom is 0.472 e. The minimum absolute atomic E-state index is 0.102. The van der Waals surface area contributed by atoms with Gasteiger partial charge in [-0.25, -0.2) is 9.13 Å². The average Bonchev–Trinajstić information content (AvgIpc) is 3.68. The van der Waals surface area contributed by atoms with E-state index in [0.717, 1.165) is 109 Å². The second kappa shape index (κ2) is 62.2. The van der Waals surface area contributed by atoms with Crippen molar-refractivity contribution in [3.63, 3.8) is 0 Å². The van der Waals surface area contributed by atoms with E-state index in [1.807, 2.05) is 0 Å². The Morgan fingerprint density at radius 2 is 0.573 bits per heavy atom. The number of carbonyl (C=O) groups is 4. The minimum Gasteiger partial charge on any atom is -0.462 e. The third kappa shape index (κ3) is 63.2. The van der Waals surface area contributed by atoms with Crippen molar-refractivity contribution in [3.05, 3.63) is 0 Å². The lowest BCUT2D eigenvalue weighted by atomic mass is 9.99. The molecule has 19 heteroatoms. The monoisotopic (exact) mass is 1310 g/mol. The number of unbranched alkanes of at least 4 members (excludes halogenated alkanes) is 38. The third-order valence-electron chi connectivity index (χ3n) is 16.6. The fourth-order valence-electron chi connectivity index (χ4n) is 10.6. The molecule has 0 radical (unpaired) electrons. The Hall–Kier alpha value is -1.94. The molecule has 0 saturated heterocycles. The van der Waals surface area contributed by atoms with Crippen LogP contribution in [0, 0.1) is 11.8 Å². The van der Waals surface area contributed by atoms with Gasteiger partial charge >= 0.3 is 39.5 Å². The molecule has 0 amide bonds. The summed E-state index contributed by atoms with van der Waals surface area (Å²) < 4.78 is 68.1. The van der Waals surface area contributed by atoms with Gasteiger partial charge in [0.25, 0.3) is 0 Å². The van der Waals surface area contributed by atoms with Crippen LogP contribution in [0.2, 0.25) is 0 Å². The Balaban J connectivity index is 5.17. The lowest BCUT2D eigenvalue weighted by Crippen LogP contribution is -2.30. The lowest BCUT2D eigenvalue weighted by Gasteiger charge is -2.21. The highest BCUT2D eigenvalue weighted by Gasteiger charge is 2.30. The van der Waals surface area contributed by atoms with Crippen molar-refractivity contribution < 1.29 is 80.2 Å². The van der Waals surface area contributed by atoms with E-state index in [1.165, 1.54) is 161 Å². The molecule has 0 spiro atoms. The molecule has 3 N–H and O–H groups in total. The summed E-state index contributed by atoms with van der Waals surface area (Å²) in [6.07, 6.45) is 47.5. The van der Waals surface area contributed by atoms with E-state index in [4.69, 9.17) is 37.0 Å². The smallest absolute Gasteiger partial charge is 0.462 e. The molecular formula is C70H136O17P2. The van der Waals surface area contributed by atoms with Crippen molar-refractivity contribution >= 4 is 39.5 Å². The van der Waals surface area contributed by atoms with Gasteiger partial charge in [-0.3, -0.25) is 37.3 Å². The van der Waals surface area contributed by atoms with Crippen molar-refractivity contribution in [1.82, 2.24) is 0 Å². The van der Waals surface area contributed by atoms with Gasteiger partial charge in [-0.1, -0.05) is 305 Å². The number of phosphoric ester groups is 2. The molecule has 17 nitrogen and oxygen atoms in total. The number of aliphatic hydroxyl groups is 1. The standard InChI is InChI=1S/C70H136O17P2/c1-7-10-12-14-16-17-18-19-20-21-22-23-24-25-26-31-35-42-48-54-69(74)86-65(59-81-68(73)53-47-41-34-30-28-27-29-33-39-45-51-63(6)9-3)60-84-88(76,77)82-56-64(71)57-83-89(78,79)85-61-66(58-80-67(72)52-46-40-32-15-13-11-8-2)87-70(75)55-49-43-37-36-38-44-50-62(4)5/h62-66,71H,7-61H2,1-6H3,(H,76,77)(H,78,79)/t63?,64-,65-,66-/m1/s1. The molecule has 0 bridgehead atoms. The van der Waals surface area contributed by atoms with Crippen molar-refractivity contribution in [2.24, 2.45) is 11.8 Å². The van der Waals surface area contributed by atoms with Crippen LogP contribution in [0.1, 0.15) is 356 Å². The van der Waals surface area contributed by atoms with E-state index in [0.29, 0.717) is 31.6 Å². The van der Waals surface area contributed by atoms with Crippen molar-refractivity contribution in [3.8, 4) is 0 Å². The summed E-state index contributed by atoms with van der Waals surface area (Å²) in [5, 5.41) is 10.6. The van der Waals surface area contributed by atoms with Crippen LogP contribution in [0.25, 0.3) is 0 Å². The maximum atomic E-state index is 13.0. The number of hydrogen-bond donors (Lipinski definition) is 3. The zero-order valence-electron chi connectivity index (χ0n) is 57.7. The third-order valence-corrected chi connectivity index (χ3v) is 18.5. The molecule has 0 aliphatic rings. The molecule has 0 fully saturated rings. The second-order valence-electron chi connectivity index (χ2n) is 26.0.